The molecule has 1 saturated carbocycles. The summed E-state index contributed by atoms with van der Waals surface area (Å²) in [4.78, 5) is 8.74. The standard InChI is InChI=1S/C14H14ClN3/c15-12-5-3-9(4-6-12)11-7-17-14(18-8-11)13(16)10-1-2-10/h3-8,10,13H,1-2,16H2. The van der Waals surface area contributed by atoms with Crippen LogP contribution in [0, 0.1) is 5.92 Å². The lowest BCUT2D eigenvalue weighted by Crippen LogP contribution is -2.15. The van der Waals surface area contributed by atoms with Gasteiger partial charge >= 0.3 is 0 Å². The Morgan fingerprint density at radius 2 is 1.67 bits per heavy atom. The number of nitrogens with two attached hydrogens (primary N) is 1. The van der Waals surface area contributed by atoms with Crippen LogP contribution in [0.4, 0.5) is 0 Å². The predicted molar refractivity (Wildman–Crippen MR) is 72.1 cm³/mol. The highest BCUT2D eigenvalue weighted by atomic mass is 35.5. The van der Waals surface area contributed by atoms with Crippen LogP contribution in [0.3, 0.4) is 0 Å². The fourth-order valence-electron chi connectivity index (χ4n) is 1.97. The lowest BCUT2D eigenvalue weighted by Gasteiger charge is -2.09. The Bertz CT molecular complexity index is 532. The molecule has 92 valence electrons. The molecule has 4 heteroatoms. The quantitative estimate of drug-likeness (QED) is 0.921. The summed E-state index contributed by atoms with van der Waals surface area (Å²) in [6.07, 6.45) is 6.05. The molecule has 0 saturated heterocycles. The van der Waals surface area contributed by atoms with Gasteiger partial charge in [0, 0.05) is 23.0 Å². The Morgan fingerprint density at radius 1 is 1.06 bits per heavy atom. The van der Waals surface area contributed by atoms with Crippen LogP contribution in [0.2, 0.25) is 5.02 Å². The van der Waals surface area contributed by atoms with Gasteiger partial charge in [-0.3, -0.25) is 0 Å². The summed E-state index contributed by atoms with van der Waals surface area (Å²) >= 11 is 5.86. The number of hydrogen-bond acceptors (Lipinski definition) is 3. The van der Waals surface area contributed by atoms with Gasteiger partial charge in [0.25, 0.3) is 0 Å². The predicted octanol–water partition coefficient (Wildman–Crippen LogP) is 3.21. The van der Waals surface area contributed by atoms with E-state index < -0.39 is 0 Å². The summed E-state index contributed by atoms with van der Waals surface area (Å²) < 4.78 is 0. The zero-order valence-electron chi connectivity index (χ0n) is 9.88. The normalized spacial score (nSPS) is 16.6. The van der Waals surface area contributed by atoms with Gasteiger partial charge in [-0.05, 0) is 36.5 Å². The van der Waals surface area contributed by atoms with Gasteiger partial charge in [0.1, 0.15) is 5.82 Å². The van der Waals surface area contributed by atoms with Crippen molar-refractivity contribution in [3.63, 3.8) is 0 Å². The van der Waals surface area contributed by atoms with E-state index in [2.05, 4.69) is 9.97 Å². The first kappa shape index (κ1) is 11.6. The van der Waals surface area contributed by atoms with Crippen LogP contribution in [0.15, 0.2) is 36.7 Å². The van der Waals surface area contributed by atoms with Crippen molar-refractivity contribution >= 4 is 11.6 Å². The van der Waals surface area contributed by atoms with Crippen LogP contribution < -0.4 is 5.73 Å². The van der Waals surface area contributed by atoms with Gasteiger partial charge in [0.15, 0.2) is 0 Å². The Labute approximate surface area is 111 Å². The second-order valence-electron chi connectivity index (χ2n) is 4.70. The molecule has 3 rings (SSSR count). The minimum Gasteiger partial charge on any atom is -0.321 e. The van der Waals surface area contributed by atoms with E-state index in [1.807, 2.05) is 36.7 Å². The van der Waals surface area contributed by atoms with Crippen LogP contribution in [-0.2, 0) is 0 Å². The Hall–Kier alpha value is -1.45. The van der Waals surface area contributed by atoms with Crippen LogP contribution in [0.25, 0.3) is 11.1 Å². The maximum atomic E-state index is 6.07. The summed E-state index contributed by atoms with van der Waals surface area (Å²) in [5.41, 5.74) is 8.11. The molecule has 1 fully saturated rings. The number of benzene rings is 1. The molecule has 1 heterocycles. The summed E-state index contributed by atoms with van der Waals surface area (Å²) in [5.74, 6) is 1.32. The minimum absolute atomic E-state index is 0.00994. The van der Waals surface area contributed by atoms with Crippen molar-refractivity contribution in [2.75, 3.05) is 0 Å². The minimum atomic E-state index is -0.00994. The van der Waals surface area contributed by atoms with Gasteiger partial charge in [-0.25, -0.2) is 9.97 Å². The molecule has 1 aromatic carbocycles. The van der Waals surface area contributed by atoms with Crippen LogP contribution >= 0.6 is 11.6 Å². The van der Waals surface area contributed by atoms with Gasteiger partial charge in [-0.15, -0.1) is 0 Å². The largest absolute Gasteiger partial charge is 0.321 e. The van der Waals surface area contributed by atoms with Crippen LogP contribution in [-0.4, -0.2) is 9.97 Å². The summed E-state index contributed by atoms with van der Waals surface area (Å²) in [6, 6.07) is 7.63. The van der Waals surface area contributed by atoms with E-state index in [4.69, 9.17) is 17.3 Å². The lowest BCUT2D eigenvalue weighted by molar-refractivity contribution is 0.593. The SMILES string of the molecule is NC(c1ncc(-c2ccc(Cl)cc2)cn1)C1CC1. The molecule has 18 heavy (non-hydrogen) atoms. The Balaban J connectivity index is 1.83. The molecule has 3 nitrogen and oxygen atoms in total. The number of nitrogens with zero attached hydrogens (tertiary/aromatic N) is 2. The number of aromatic nitrogens is 2. The third kappa shape index (κ3) is 2.37. The van der Waals surface area contributed by atoms with Crippen molar-refractivity contribution in [1.29, 1.82) is 0 Å². The molecule has 1 aliphatic carbocycles. The molecule has 1 unspecified atom stereocenters. The van der Waals surface area contributed by atoms with Crippen molar-refractivity contribution in [1.82, 2.24) is 9.97 Å². The van der Waals surface area contributed by atoms with Crippen molar-refractivity contribution in [2.24, 2.45) is 11.7 Å². The zero-order chi connectivity index (χ0) is 12.5. The zero-order valence-corrected chi connectivity index (χ0v) is 10.6. The lowest BCUT2D eigenvalue weighted by atomic mass is 10.1. The van der Waals surface area contributed by atoms with Crippen molar-refractivity contribution in [2.45, 2.75) is 18.9 Å². The average molecular weight is 260 g/mol. The highest BCUT2D eigenvalue weighted by Crippen LogP contribution is 2.38. The molecule has 1 atom stereocenters. The van der Waals surface area contributed by atoms with Gasteiger partial charge < -0.3 is 5.73 Å². The van der Waals surface area contributed by atoms with Gasteiger partial charge in [-0.2, -0.15) is 0 Å². The molecule has 1 aliphatic rings. The van der Waals surface area contributed by atoms with E-state index in [1.54, 1.807) is 0 Å². The molecular weight excluding hydrogens is 246 g/mol. The second kappa shape index (κ2) is 4.67. The van der Waals surface area contributed by atoms with E-state index in [-0.39, 0.29) is 6.04 Å². The number of halogens is 1. The van der Waals surface area contributed by atoms with E-state index in [0.717, 1.165) is 22.0 Å². The van der Waals surface area contributed by atoms with Crippen LogP contribution in [0.5, 0.6) is 0 Å². The first-order chi connectivity index (χ1) is 8.74. The molecule has 0 aliphatic heterocycles. The Morgan fingerprint density at radius 3 is 2.22 bits per heavy atom. The second-order valence-corrected chi connectivity index (χ2v) is 5.14. The van der Waals surface area contributed by atoms with Crippen molar-refractivity contribution in [3.8, 4) is 11.1 Å². The maximum absolute atomic E-state index is 6.07. The van der Waals surface area contributed by atoms with Crippen LogP contribution in [0.1, 0.15) is 24.7 Å². The van der Waals surface area contributed by atoms with Crippen molar-refractivity contribution < 1.29 is 0 Å². The highest BCUT2D eigenvalue weighted by Gasteiger charge is 2.31. The summed E-state index contributed by atoms with van der Waals surface area (Å²) in [5, 5.41) is 0.729. The van der Waals surface area contributed by atoms with Gasteiger partial charge in [-0.1, -0.05) is 23.7 Å². The van der Waals surface area contributed by atoms with E-state index in [1.165, 1.54) is 12.8 Å². The van der Waals surface area contributed by atoms with Gasteiger partial charge in [0.2, 0.25) is 0 Å². The summed E-state index contributed by atoms with van der Waals surface area (Å²) in [6.45, 7) is 0. The van der Waals surface area contributed by atoms with E-state index in [0.29, 0.717) is 5.92 Å². The number of hydrogen-bond donors (Lipinski definition) is 1. The molecular formula is C14H14ClN3. The molecule has 0 radical (unpaired) electrons. The maximum Gasteiger partial charge on any atom is 0.145 e. The van der Waals surface area contributed by atoms with E-state index >= 15 is 0 Å². The third-order valence-corrected chi connectivity index (χ3v) is 3.53. The molecule has 2 N–H and O–H groups in total. The first-order valence-corrected chi connectivity index (χ1v) is 6.45. The Kier molecular flexibility index (Phi) is 3.02. The smallest absolute Gasteiger partial charge is 0.145 e. The molecule has 0 amide bonds. The first-order valence-electron chi connectivity index (χ1n) is 6.07. The fourth-order valence-corrected chi connectivity index (χ4v) is 2.09. The highest BCUT2D eigenvalue weighted by molar-refractivity contribution is 6.30. The molecule has 0 spiro atoms. The average Bonchev–Trinajstić information content (AvgIpc) is 3.23. The summed E-state index contributed by atoms with van der Waals surface area (Å²) in [7, 11) is 0. The van der Waals surface area contributed by atoms with Gasteiger partial charge in [0.05, 0.1) is 6.04 Å². The monoisotopic (exact) mass is 259 g/mol. The molecule has 2 aromatic rings. The van der Waals surface area contributed by atoms with E-state index in [9.17, 15) is 0 Å². The molecule has 1 aromatic heterocycles. The molecule has 0 bridgehead atoms. The number of rotatable bonds is 3. The fraction of sp³-hybridized carbons (Fsp3) is 0.286. The van der Waals surface area contributed by atoms with Crippen molar-refractivity contribution in [3.05, 3.63) is 47.5 Å². The third-order valence-electron chi connectivity index (χ3n) is 3.28. The topological polar surface area (TPSA) is 51.8 Å².